The molecule has 2 heterocycles. The van der Waals surface area contributed by atoms with Gasteiger partial charge in [0.1, 0.15) is 11.2 Å². The standard InChI is InChI=1S/C39H25N3O/c1-3-9-26(10-4-1)28-15-19-30(20-16-28)37-40-38(31-21-17-29(18-22-31)27-11-5-2-6-12-27)42-39(41-37)32-23-24-36-34(25-32)33-13-7-8-14-35(33)43-36/h1-25H. The molecule has 4 heteroatoms. The van der Waals surface area contributed by atoms with E-state index < -0.39 is 0 Å². The molecule has 0 saturated carbocycles. The molecule has 6 aromatic carbocycles. The van der Waals surface area contributed by atoms with E-state index in [-0.39, 0.29) is 0 Å². The zero-order chi connectivity index (χ0) is 28.6. The van der Waals surface area contributed by atoms with Crippen molar-refractivity contribution in [3.05, 3.63) is 152 Å². The van der Waals surface area contributed by atoms with Crippen LogP contribution in [0.2, 0.25) is 0 Å². The molecule has 0 spiro atoms. The molecule has 0 aliphatic rings. The van der Waals surface area contributed by atoms with Crippen molar-refractivity contribution in [2.24, 2.45) is 0 Å². The van der Waals surface area contributed by atoms with Crippen LogP contribution in [0.4, 0.5) is 0 Å². The third kappa shape index (κ3) is 4.75. The molecule has 0 amide bonds. The molecule has 202 valence electrons. The maximum absolute atomic E-state index is 6.07. The minimum absolute atomic E-state index is 0.617. The summed E-state index contributed by atoms with van der Waals surface area (Å²) in [4.78, 5) is 14.9. The van der Waals surface area contributed by atoms with Crippen molar-refractivity contribution in [3.8, 4) is 56.4 Å². The van der Waals surface area contributed by atoms with Crippen LogP contribution in [0, 0.1) is 0 Å². The van der Waals surface area contributed by atoms with Crippen LogP contribution in [0.15, 0.2) is 156 Å². The number of nitrogens with zero attached hydrogens (tertiary/aromatic N) is 3. The van der Waals surface area contributed by atoms with Crippen molar-refractivity contribution in [1.82, 2.24) is 15.0 Å². The van der Waals surface area contributed by atoms with Crippen molar-refractivity contribution in [1.29, 1.82) is 0 Å². The highest BCUT2D eigenvalue weighted by molar-refractivity contribution is 6.06. The molecule has 4 nitrogen and oxygen atoms in total. The molecule has 8 aromatic rings. The summed E-state index contributed by atoms with van der Waals surface area (Å²) in [7, 11) is 0. The van der Waals surface area contributed by atoms with Gasteiger partial charge in [-0.15, -0.1) is 0 Å². The van der Waals surface area contributed by atoms with Gasteiger partial charge in [-0.1, -0.05) is 127 Å². The highest BCUT2D eigenvalue weighted by Gasteiger charge is 2.15. The number of hydrogen-bond donors (Lipinski definition) is 0. The molecule has 0 aliphatic carbocycles. The van der Waals surface area contributed by atoms with E-state index in [4.69, 9.17) is 19.4 Å². The maximum Gasteiger partial charge on any atom is 0.164 e. The Kier molecular flexibility index (Phi) is 6.08. The van der Waals surface area contributed by atoms with Crippen molar-refractivity contribution in [3.63, 3.8) is 0 Å². The first kappa shape index (κ1) is 24.9. The number of furan rings is 1. The number of aromatic nitrogens is 3. The van der Waals surface area contributed by atoms with E-state index in [1.807, 2.05) is 42.5 Å². The lowest BCUT2D eigenvalue weighted by molar-refractivity contribution is 0.669. The van der Waals surface area contributed by atoms with Gasteiger partial charge in [-0.2, -0.15) is 0 Å². The molecule has 0 aliphatic heterocycles. The van der Waals surface area contributed by atoms with Gasteiger partial charge < -0.3 is 4.42 Å². The largest absolute Gasteiger partial charge is 0.456 e. The van der Waals surface area contributed by atoms with E-state index in [2.05, 4.69) is 109 Å². The monoisotopic (exact) mass is 551 g/mol. The van der Waals surface area contributed by atoms with Crippen molar-refractivity contribution in [2.45, 2.75) is 0 Å². The molecule has 0 atom stereocenters. The SMILES string of the molecule is c1ccc(-c2ccc(-c3nc(-c4ccc(-c5ccccc5)cc4)nc(-c4ccc5oc6ccccc6c5c4)n3)cc2)cc1. The normalized spacial score (nSPS) is 11.3. The van der Waals surface area contributed by atoms with Gasteiger partial charge in [0, 0.05) is 27.5 Å². The average molecular weight is 552 g/mol. The molecular weight excluding hydrogens is 526 g/mol. The van der Waals surface area contributed by atoms with E-state index in [1.165, 1.54) is 11.1 Å². The van der Waals surface area contributed by atoms with Gasteiger partial charge in [-0.05, 0) is 46.5 Å². The molecule has 43 heavy (non-hydrogen) atoms. The predicted octanol–water partition coefficient (Wildman–Crippen LogP) is 10.1. The second-order valence-electron chi connectivity index (χ2n) is 10.5. The van der Waals surface area contributed by atoms with Gasteiger partial charge >= 0.3 is 0 Å². The Bertz CT molecular complexity index is 2100. The molecule has 0 bridgehead atoms. The minimum Gasteiger partial charge on any atom is -0.456 e. The quantitative estimate of drug-likeness (QED) is 0.214. The van der Waals surface area contributed by atoms with Crippen molar-refractivity contribution >= 4 is 21.9 Å². The topological polar surface area (TPSA) is 51.8 Å². The fraction of sp³-hybridized carbons (Fsp3) is 0. The first-order chi connectivity index (χ1) is 21.3. The molecule has 0 radical (unpaired) electrons. The maximum atomic E-state index is 6.07. The van der Waals surface area contributed by atoms with E-state index in [1.54, 1.807) is 0 Å². The smallest absolute Gasteiger partial charge is 0.164 e. The Morgan fingerprint density at radius 2 is 0.698 bits per heavy atom. The lowest BCUT2D eigenvalue weighted by Gasteiger charge is -2.10. The lowest BCUT2D eigenvalue weighted by Crippen LogP contribution is -2.00. The van der Waals surface area contributed by atoms with E-state index in [9.17, 15) is 0 Å². The summed E-state index contributed by atoms with van der Waals surface area (Å²) in [5, 5.41) is 2.11. The highest BCUT2D eigenvalue weighted by atomic mass is 16.3. The van der Waals surface area contributed by atoms with Crippen LogP contribution in [-0.2, 0) is 0 Å². The fourth-order valence-corrected chi connectivity index (χ4v) is 5.51. The van der Waals surface area contributed by atoms with Gasteiger partial charge in [0.15, 0.2) is 17.5 Å². The van der Waals surface area contributed by atoms with Crippen molar-refractivity contribution in [2.75, 3.05) is 0 Å². The lowest BCUT2D eigenvalue weighted by atomic mass is 10.0. The second kappa shape index (κ2) is 10.5. The third-order valence-corrected chi connectivity index (χ3v) is 7.77. The fourth-order valence-electron chi connectivity index (χ4n) is 5.51. The Labute approximate surface area is 249 Å². The minimum atomic E-state index is 0.617. The highest BCUT2D eigenvalue weighted by Crippen LogP contribution is 2.33. The van der Waals surface area contributed by atoms with Gasteiger partial charge in [0.25, 0.3) is 0 Å². The van der Waals surface area contributed by atoms with Gasteiger partial charge in [0.2, 0.25) is 0 Å². The number of fused-ring (bicyclic) bond motifs is 3. The summed E-state index contributed by atoms with van der Waals surface area (Å²) in [6.07, 6.45) is 0. The van der Waals surface area contributed by atoms with Gasteiger partial charge in [0.05, 0.1) is 0 Å². The van der Waals surface area contributed by atoms with Crippen LogP contribution in [0.1, 0.15) is 0 Å². The average Bonchev–Trinajstić information content (AvgIpc) is 3.47. The van der Waals surface area contributed by atoms with E-state index >= 15 is 0 Å². The summed E-state index contributed by atoms with van der Waals surface area (Å²) in [5.41, 5.74) is 9.11. The van der Waals surface area contributed by atoms with Crippen LogP contribution in [0.25, 0.3) is 78.4 Å². The molecule has 0 N–H and O–H groups in total. The summed E-state index contributed by atoms with van der Waals surface area (Å²) in [5.74, 6) is 1.87. The van der Waals surface area contributed by atoms with Crippen molar-refractivity contribution < 1.29 is 4.42 Å². The summed E-state index contributed by atoms with van der Waals surface area (Å²) in [6, 6.07) is 51.7. The molecule has 8 rings (SSSR count). The number of benzene rings is 6. The van der Waals surface area contributed by atoms with E-state index in [0.29, 0.717) is 17.5 Å². The summed E-state index contributed by atoms with van der Waals surface area (Å²) in [6.45, 7) is 0. The van der Waals surface area contributed by atoms with Crippen LogP contribution in [0.3, 0.4) is 0 Å². The Balaban J connectivity index is 1.25. The molecule has 2 aromatic heterocycles. The molecule has 0 fully saturated rings. The Morgan fingerprint density at radius 1 is 0.302 bits per heavy atom. The molecule has 0 unspecified atom stereocenters. The molecular formula is C39H25N3O. The van der Waals surface area contributed by atoms with Crippen LogP contribution < -0.4 is 0 Å². The first-order valence-corrected chi connectivity index (χ1v) is 14.3. The predicted molar refractivity (Wildman–Crippen MR) is 174 cm³/mol. The van der Waals surface area contributed by atoms with Crippen LogP contribution >= 0.6 is 0 Å². The number of rotatable bonds is 5. The van der Waals surface area contributed by atoms with E-state index in [0.717, 1.165) is 49.8 Å². The Morgan fingerprint density at radius 3 is 1.26 bits per heavy atom. The summed E-state index contributed by atoms with van der Waals surface area (Å²) < 4.78 is 6.07. The van der Waals surface area contributed by atoms with Crippen LogP contribution in [0.5, 0.6) is 0 Å². The third-order valence-electron chi connectivity index (χ3n) is 7.77. The summed E-state index contributed by atoms with van der Waals surface area (Å²) >= 11 is 0. The second-order valence-corrected chi connectivity index (χ2v) is 10.5. The van der Waals surface area contributed by atoms with Gasteiger partial charge in [-0.25, -0.2) is 15.0 Å². The van der Waals surface area contributed by atoms with Crippen LogP contribution in [-0.4, -0.2) is 15.0 Å². The Hall–Kier alpha value is -5.87. The van der Waals surface area contributed by atoms with Gasteiger partial charge in [-0.3, -0.25) is 0 Å². The zero-order valence-electron chi connectivity index (χ0n) is 23.2. The molecule has 0 saturated heterocycles. The number of para-hydroxylation sites is 1. The number of hydrogen-bond acceptors (Lipinski definition) is 4. The first-order valence-electron chi connectivity index (χ1n) is 14.3. The zero-order valence-corrected chi connectivity index (χ0v) is 23.2.